The van der Waals surface area contributed by atoms with Crippen LogP contribution in [0.5, 0.6) is 5.75 Å². The first-order valence-electron chi connectivity index (χ1n) is 8.17. The van der Waals surface area contributed by atoms with E-state index in [0.29, 0.717) is 0 Å². The molecule has 1 saturated heterocycles. The molecule has 0 bridgehead atoms. The summed E-state index contributed by atoms with van der Waals surface area (Å²) in [6.07, 6.45) is 0. The van der Waals surface area contributed by atoms with Crippen molar-refractivity contribution in [2.75, 3.05) is 26.2 Å². The summed E-state index contributed by atoms with van der Waals surface area (Å²) in [5, 5.41) is 17.0. The van der Waals surface area contributed by atoms with Crippen LogP contribution in [0.25, 0.3) is 0 Å². The number of hydrazone groups is 1. The molecule has 4 nitrogen and oxygen atoms in total. The lowest BCUT2D eigenvalue weighted by Crippen LogP contribution is -2.43. The van der Waals surface area contributed by atoms with Crippen molar-refractivity contribution in [3.63, 3.8) is 0 Å². The lowest BCUT2D eigenvalue weighted by molar-refractivity contribution is 0.130. The summed E-state index contributed by atoms with van der Waals surface area (Å²) in [7, 11) is 0. The van der Waals surface area contributed by atoms with Crippen LogP contribution in [0.4, 0.5) is 0 Å². The molecule has 1 N–H and O–H groups in total. The zero-order valence-electron chi connectivity index (χ0n) is 13.8. The molecule has 2 aromatic carbocycles. The number of aromatic hydroxyl groups is 1. The summed E-state index contributed by atoms with van der Waals surface area (Å²) in [6.45, 7) is 6.63. The van der Waals surface area contributed by atoms with Crippen LogP contribution in [-0.2, 0) is 6.54 Å². The molecule has 1 aliphatic heterocycles. The Morgan fingerprint density at radius 2 is 1.71 bits per heavy atom. The molecule has 1 heterocycles. The highest BCUT2D eigenvalue weighted by molar-refractivity contribution is 6.31. The van der Waals surface area contributed by atoms with E-state index in [1.165, 1.54) is 5.56 Å². The monoisotopic (exact) mass is 343 g/mol. The Kier molecular flexibility index (Phi) is 5.38. The zero-order chi connectivity index (χ0) is 16.9. The van der Waals surface area contributed by atoms with E-state index in [4.69, 9.17) is 16.7 Å². The van der Waals surface area contributed by atoms with Crippen LogP contribution in [0.15, 0.2) is 53.6 Å². The largest absolute Gasteiger partial charge is 0.508 e. The minimum Gasteiger partial charge on any atom is -0.508 e. The molecule has 0 saturated carbocycles. The third-order valence-corrected chi connectivity index (χ3v) is 4.65. The molecule has 0 spiro atoms. The van der Waals surface area contributed by atoms with Crippen molar-refractivity contribution in [1.29, 1.82) is 0 Å². The van der Waals surface area contributed by atoms with Crippen LogP contribution in [0.3, 0.4) is 0 Å². The molecule has 0 atom stereocenters. The van der Waals surface area contributed by atoms with Crippen LogP contribution >= 0.6 is 11.6 Å². The molecule has 1 fully saturated rings. The molecule has 1 aliphatic rings. The lowest BCUT2D eigenvalue weighted by Gasteiger charge is -2.33. The smallest absolute Gasteiger partial charge is 0.115 e. The fourth-order valence-corrected chi connectivity index (χ4v) is 3.03. The van der Waals surface area contributed by atoms with Crippen LogP contribution in [0.2, 0.25) is 5.02 Å². The van der Waals surface area contributed by atoms with Gasteiger partial charge >= 0.3 is 0 Å². The van der Waals surface area contributed by atoms with Gasteiger partial charge in [0.15, 0.2) is 0 Å². The number of nitrogens with zero attached hydrogens (tertiary/aromatic N) is 3. The second-order valence-corrected chi connectivity index (χ2v) is 6.46. The number of hydrogen-bond donors (Lipinski definition) is 1. The molecule has 2 aromatic rings. The van der Waals surface area contributed by atoms with Gasteiger partial charge in [0.1, 0.15) is 5.75 Å². The maximum atomic E-state index is 9.36. The van der Waals surface area contributed by atoms with E-state index in [2.05, 4.69) is 16.0 Å². The first-order valence-corrected chi connectivity index (χ1v) is 8.55. The standard InChI is InChI=1S/C19H22ClN3O/c1-15(16-6-8-18(24)9-7-16)21-23-12-10-22(11-13-23)14-17-4-2-3-5-19(17)20/h2-9,24H,10-14H2,1H3/b21-15-. The van der Waals surface area contributed by atoms with E-state index in [1.54, 1.807) is 12.1 Å². The highest BCUT2D eigenvalue weighted by Gasteiger charge is 2.16. The first kappa shape index (κ1) is 16.8. The number of phenols is 1. The van der Waals surface area contributed by atoms with Gasteiger partial charge in [0.05, 0.1) is 5.71 Å². The van der Waals surface area contributed by atoms with Gasteiger partial charge in [-0.2, -0.15) is 5.10 Å². The highest BCUT2D eigenvalue weighted by Crippen LogP contribution is 2.18. The normalized spacial score (nSPS) is 16.4. The molecule has 0 unspecified atom stereocenters. The second kappa shape index (κ2) is 7.69. The van der Waals surface area contributed by atoms with Crippen LogP contribution in [0, 0.1) is 0 Å². The Morgan fingerprint density at radius 1 is 1.04 bits per heavy atom. The Balaban J connectivity index is 1.56. The summed E-state index contributed by atoms with van der Waals surface area (Å²) in [5.74, 6) is 0.278. The number of phenolic OH excluding ortho intramolecular Hbond substituents is 1. The van der Waals surface area contributed by atoms with Crippen molar-refractivity contribution < 1.29 is 5.11 Å². The van der Waals surface area contributed by atoms with Crippen molar-refractivity contribution in [1.82, 2.24) is 9.91 Å². The van der Waals surface area contributed by atoms with E-state index in [1.807, 2.05) is 37.3 Å². The van der Waals surface area contributed by atoms with Gasteiger partial charge in [-0.3, -0.25) is 9.91 Å². The highest BCUT2D eigenvalue weighted by atomic mass is 35.5. The lowest BCUT2D eigenvalue weighted by atomic mass is 10.1. The Labute approximate surface area is 148 Å². The van der Waals surface area contributed by atoms with E-state index < -0.39 is 0 Å². The van der Waals surface area contributed by atoms with Crippen molar-refractivity contribution in [2.24, 2.45) is 5.10 Å². The van der Waals surface area contributed by atoms with Crippen molar-refractivity contribution in [2.45, 2.75) is 13.5 Å². The van der Waals surface area contributed by atoms with Crippen molar-refractivity contribution in [3.05, 3.63) is 64.7 Å². The summed E-state index contributed by atoms with van der Waals surface area (Å²) in [4.78, 5) is 2.41. The van der Waals surface area contributed by atoms with E-state index in [0.717, 1.165) is 49.0 Å². The maximum Gasteiger partial charge on any atom is 0.115 e. The third kappa shape index (κ3) is 4.28. The van der Waals surface area contributed by atoms with E-state index >= 15 is 0 Å². The summed E-state index contributed by atoms with van der Waals surface area (Å²) in [5.41, 5.74) is 3.18. The van der Waals surface area contributed by atoms with Gasteiger partial charge < -0.3 is 5.11 Å². The van der Waals surface area contributed by atoms with Gasteiger partial charge in [-0.05, 0) is 48.4 Å². The van der Waals surface area contributed by atoms with Crippen LogP contribution < -0.4 is 0 Å². The Morgan fingerprint density at radius 3 is 2.38 bits per heavy atom. The summed E-state index contributed by atoms with van der Waals surface area (Å²) in [6, 6.07) is 15.2. The fourth-order valence-electron chi connectivity index (χ4n) is 2.84. The molecule has 0 amide bonds. The Bertz CT molecular complexity index is 707. The van der Waals surface area contributed by atoms with Gasteiger partial charge in [0.25, 0.3) is 0 Å². The summed E-state index contributed by atoms with van der Waals surface area (Å²) >= 11 is 6.24. The average molecular weight is 344 g/mol. The molecular formula is C19H22ClN3O. The minimum atomic E-state index is 0.278. The second-order valence-electron chi connectivity index (χ2n) is 6.05. The topological polar surface area (TPSA) is 39.1 Å². The van der Waals surface area contributed by atoms with Gasteiger partial charge in [-0.15, -0.1) is 0 Å². The summed E-state index contributed by atoms with van der Waals surface area (Å²) < 4.78 is 0. The number of rotatable bonds is 4. The number of piperazine rings is 1. The number of halogens is 1. The van der Waals surface area contributed by atoms with Gasteiger partial charge in [-0.1, -0.05) is 29.8 Å². The van der Waals surface area contributed by atoms with Crippen molar-refractivity contribution >= 4 is 17.3 Å². The number of benzene rings is 2. The quantitative estimate of drug-likeness (QED) is 0.862. The molecule has 0 aliphatic carbocycles. The van der Waals surface area contributed by atoms with E-state index in [9.17, 15) is 5.11 Å². The maximum absolute atomic E-state index is 9.36. The van der Waals surface area contributed by atoms with Gasteiger partial charge in [-0.25, -0.2) is 0 Å². The minimum absolute atomic E-state index is 0.278. The molecule has 24 heavy (non-hydrogen) atoms. The van der Waals surface area contributed by atoms with Gasteiger partial charge in [0.2, 0.25) is 0 Å². The first-order chi connectivity index (χ1) is 11.6. The molecule has 5 heteroatoms. The SMILES string of the molecule is C/C(=N/N1CCN(Cc2ccccc2Cl)CC1)c1ccc(O)cc1. The predicted molar refractivity (Wildman–Crippen MR) is 98.6 cm³/mol. The average Bonchev–Trinajstić information content (AvgIpc) is 2.59. The molecule has 0 radical (unpaired) electrons. The number of hydrogen-bond acceptors (Lipinski definition) is 4. The van der Waals surface area contributed by atoms with Crippen LogP contribution in [0.1, 0.15) is 18.1 Å². The fraction of sp³-hybridized carbons (Fsp3) is 0.316. The molecule has 3 rings (SSSR count). The zero-order valence-corrected chi connectivity index (χ0v) is 14.6. The third-order valence-electron chi connectivity index (χ3n) is 4.28. The van der Waals surface area contributed by atoms with Gasteiger partial charge in [0, 0.05) is 37.7 Å². The molecule has 126 valence electrons. The van der Waals surface area contributed by atoms with E-state index in [-0.39, 0.29) is 5.75 Å². The predicted octanol–water partition coefficient (Wildman–Crippen LogP) is 3.59. The van der Waals surface area contributed by atoms with Crippen molar-refractivity contribution in [3.8, 4) is 5.75 Å². The molecule has 0 aromatic heterocycles. The Hall–Kier alpha value is -2.04. The van der Waals surface area contributed by atoms with Crippen LogP contribution in [-0.4, -0.2) is 46.9 Å². The molecular weight excluding hydrogens is 322 g/mol.